The first kappa shape index (κ1) is 107. The predicted octanol–water partition coefficient (Wildman–Crippen LogP) is 27.8. The number of ether oxygens (including phenoxy) is 4. The molecule has 0 bridgehead atoms. The molecule has 0 fully saturated rings. The molecule has 0 rings (SSSR count). The summed E-state index contributed by atoms with van der Waals surface area (Å²) >= 11 is 0. The summed E-state index contributed by atoms with van der Waals surface area (Å²) in [4.78, 5) is 73.4. The number of aliphatic hydroxyl groups excluding tert-OH is 1. The van der Waals surface area contributed by atoms with Crippen LogP contribution in [0.25, 0.3) is 0 Å². The van der Waals surface area contributed by atoms with Gasteiger partial charge >= 0.3 is 39.5 Å². The molecule has 6 atom stereocenters. The number of rotatable bonds is 89. The molecule has 0 spiro atoms. The van der Waals surface area contributed by atoms with Gasteiger partial charge in [0.15, 0.2) is 12.2 Å². The molecule has 0 amide bonds. The molecule has 0 saturated carbocycles. The van der Waals surface area contributed by atoms with E-state index in [1.165, 1.54) is 302 Å². The van der Waals surface area contributed by atoms with E-state index in [9.17, 15) is 43.2 Å². The zero-order valence-electron chi connectivity index (χ0n) is 71.9. The maximum Gasteiger partial charge on any atom is 0.472 e. The third-order valence-electron chi connectivity index (χ3n) is 21.6. The lowest BCUT2D eigenvalue weighted by Gasteiger charge is -2.21. The fourth-order valence-corrected chi connectivity index (χ4v) is 15.7. The van der Waals surface area contributed by atoms with Crippen LogP contribution in [0.15, 0.2) is 0 Å². The van der Waals surface area contributed by atoms with Crippen LogP contribution in [0.3, 0.4) is 0 Å². The Morgan fingerprint density at radius 1 is 0.266 bits per heavy atom. The summed E-state index contributed by atoms with van der Waals surface area (Å²) in [5, 5.41) is 10.7. The molecule has 3 unspecified atom stereocenters. The standard InChI is InChI=1S/C90H176O17P2/c1-7-10-12-14-16-18-20-22-23-26-32-38-44-50-56-62-68-74-89(94)106-85(78-100-87(92)72-66-60-54-48-42-21-19-17-15-13-11-8-2)80-104-108(96,97)102-76-84(91)77-103-109(98,99)105-81-86(79-101-88(93)73-67-61-55-49-43-37-34-29-30-35-40-46-52-58-64-70-82(4)5)107-90(95)75-69-63-57-51-45-39-33-28-25-24-27-31-36-41-47-53-59-65-71-83(6)9-3/h82-86,91H,7-81H2,1-6H3,(H,96,97)(H,98,99)/t83?,84-,85+,86+/m0/s1. The third kappa shape index (κ3) is 82.4. The molecule has 648 valence electrons. The zero-order chi connectivity index (χ0) is 79.9. The predicted molar refractivity (Wildman–Crippen MR) is 451 cm³/mol. The van der Waals surface area contributed by atoms with E-state index in [1.54, 1.807) is 0 Å². The quantitative estimate of drug-likeness (QED) is 0.0222. The monoisotopic (exact) mass is 1590 g/mol. The molecule has 0 aromatic carbocycles. The van der Waals surface area contributed by atoms with Crippen LogP contribution in [-0.2, 0) is 65.4 Å². The number of carbonyl (C=O) groups excluding carboxylic acids is 4. The number of aliphatic hydroxyl groups is 1. The minimum Gasteiger partial charge on any atom is -0.462 e. The first-order valence-corrected chi connectivity index (χ1v) is 49.5. The first-order valence-electron chi connectivity index (χ1n) is 46.5. The van der Waals surface area contributed by atoms with E-state index in [1.807, 2.05) is 0 Å². The van der Waals surface area contributed by atoms with Gasteiger partial charge < -0.3 is 33.8 Å². The Morgan fingerprint density at radius 3 is 0.697 bits per heavy atom. The van der Waals surface area contributed by atoms with E-state index in [2.05, 4.69) is 41.5 Å². The van der Waals surface area contributed by atoms with E-state index in [0.717, 1.165) is 102 Å². The fraction of sp³-hybridized carbons (Fsp3) is 0.956. The lowest BCUT2D eigenvalue weighted by molar-refractivity contribution is -0.161. The number of carbonyl (C=O) groups is 4. The molecule has 0 aliphatic rings. The lowest BCUT2D eigenvalue weighted by Crippen LogP contribution is -2.30. The van der Waals surface area contributed by atoms with E-state index in [4.69, 9.17) is 37.0 Å². The minimum atomic E-state index is -4.97. The number of hydrogen-bond donors (Lipinski definition) is 3. The minimum absolute atomic E-state index is 0.109. The van der Waals surface area contributed by atoms with Crippen molar-refractivity contribution in [1.29, 1.82) is 0 Å². The van der Waals surface area contributed by atoms with Crippen LogP contribution in [0.4, 0.5) is 0 Å². The van der Waals surface area contributed by atoms with Gasteiger partial charge in [0, 0.05) is 25.7 Å². The highest BCUT2D eigenvalue weighted by molar-refractivity contribution is 7.47. The fourth-order valence-electron chi connectivity index (χ4n) is 14.1. The highest BCUT2D eigenvalue weighted by atomic mass is 31.2. The van der Waals surface area contributed by atoms with Gasteiger partial charge in [-0.3, -0.25) is 37.3 Å². The molecule has 0 saturated heterocycles. The molecular weight excluding hydrogens is 1410 g/mol. The average molecular weight is 1590 g/mol. The van der Waals surface area contributed by atoms with Gasteiger partial charge in [-0.2, -0.15) is 0 Å². The van der Waals surface area contributed by atoms with Gasteiger partial charge in [0.05, 0.1) is 26.4 Å². The molecule has 0 heterocycles. The van der Waals surface area contributed by atoms with Gasteiger partial charge in [-0.15, -0.1) is 0 Å². The summed E-state index contributed by atoms with van der Waals surface area (Å²) in [5.74, 6) is -0.417. The molecule has 0 aliphatic carbocycles. The van der Waals surface area contributed by atoms with Crippen molar-refractivity contribution < 1.29 is 80.2 Å². The Labute approximate surface area is 670 Å². The number of hydrogen-bond acceptors (Lipinski definition) is 15. The highest BCUT2D eigenvalue weighted by Gasteiger charge is 2.31. The average Bonchev–Trinajstić information content (AvgIpc) is 0.909. The van der Waals surface area contributed by atoms with E-state index >= 15 is 0 Å². The Balaban J connectivity index is 5.25. The lowest BCUT2D eigenvalue weighted by atomic mass is 9.99. The Bertz CT molecular complexity index is 2080. The van der Waals surface area contributed by atoms with Crippen molar-refractivity contribution >= 4 is 39.5 Å². The van der Waals surface area contributed by atoms with Crippen molar-refractivity contribution in [2.75, 3.05) is 39.6 Å². The third-order valence-corrected chi connectivity index (χ3v) is 23.5. The maximum atomic E-state index is 13.2. The molecule has 19 heteroatoms. The van der Waals surface area contributed by atoms with Gasteiger partial charge in [-0.05, 0) is 37.5 Å². The first-order chi connectivity index (χ1) is 52.9. The van der Waals surface area contributed by atoms with Crippen LogP contribution in [0.2, 0.25) is 0 Å². The van der Waals surface area contributed by atoms with Crippen LogP contribution >= 0.6 is 15.6 Å². The van der Waals surface area contributed by atoms with Gasteiger partial charge in [-0.1, -0.05) is 433 Å². The Hall–Kier alpha value is -1.94. The summed E-state index contributed by atoms with van der Waals surface area (Å²) in [6.07, 6.45) is 74.9. The number of phosphoric ester groups is 2. The summed E-state index contributed by atoms with van der Waals surface area (Å²) in [6.45, 7) is 9.80. The molecule has 3 N–H and O–H groups in total. The normalized spacial score (nSPS) is 14.0. The van der Waals surface area contributed by atoms with Crippen LogP contribution < -0.4 is 0 Å². The molecule has 0 aromatic rings. The smallest absolute Gasteiger partial charge is 0.462 e. The summed E-state index contributed by atoms with van der Waals surface area (Å²) in [6, 6.07) is 0. The van der Waals surface area contributed by atoms with E-state index in [0.29, 0.717) is 25.7 Å². The van der Waals surface area contributed by atoms with Gasteiger partial charge in [0.25, 0.3) is 0 Å². The van der Waals surface area contributed by atoms with Crippen LogP contribution in [0, 0.1) is 11.8 Å². The molecular formula is C90H176O17P2. The van der Waals surface area contributed by atoms with E-state index < -0.39 is 97.5 Å². The van der Waals surface area contributed by atoms with Crippen molar-refractivity contribution in [3.63, 3.8) is 0 Å². The molecule has 109 heavy (non-hydrogen) atoms. The molecule has 17 nitrogen and oxygen atoms in total. The second kappa shape index (κ2) is 81.2. The second-order valence-corrected chi connectivity index (χ2v) is 36.0. The SMILES string of the molecule is CCCCCCCCCCCCCCCCCCCC(=O)O[C@H](COC(=O)CCCCCCCCCCCCCC)COP(=O)(O)OC[C@H](O)COP(=O)(O)OC[C@@H](COC(=O)CCCCCCCCCCCCCCCCCC(C)C)OC(=O)CCCCCCCCCCCCCCCCCCCCC(C)CC. The Kier molecular flexibility index (Phi) is 79.8. The largest absolute Gasteiger partial charge is 0.472 e. The van der Waals surface area contributed by atoms with Gasteiger partial charge in [0.2, 0.25) is 0 Å². The van der Waals surface area contributed by atoms with Gasteiger partial charge in [0.1, 0.15) is 19.3 Å². The molecule has 0 radical (unpaired) electrons. The zero-order valence-corrected chi connectivity index (χ0v) is 73.7. The second-order valence-electron chi connectivity index (χ2n) is 33.1. The van der Waals surface area contributed by atoms with Crippen LogP contribution in [-0.4, -0.2) is 96.7 Å². The molecule has 0 aliphatic heterocycles. The van der Waals surface area contributed by atoms with Crippen LogP contribution in [0.5, 0.6) is 0 Å². The van der Waals surface area contributed by atoms with Crippen molar-refractivity contribution in [3.8, 4) is 0 Å². The maximum absolute atomic E-state index is 13.2. The van der Waals surface area contributed by atoms with Crippen molar-refractivity contribution in [1.82, 2.24) is 0 Å². The Morgan fingerprint density at radius 2 is 0.468 bits per heavy atom. The van der Waals surface area contributed by atoms with Crippen molar-refractivity contribution in [2.45, 2.75) is 503 Å². The summed E-state index contributed by atoms with van der Waals surface area (Å²) in [5.41, 5.74) is 0. The van der Waals surface area contributed by atoms with Crippen molar-refractivity contribution in [3.05, 3.63) is 0 Å². The summed E-state index contributed by atoms with van der Waals surface area (Å²) < 4.78 is 69.1. The van der Waals surface area contributed by atoms with Gasteiger partial charge in [-0.25, -0.2) is 9.13 Å². The van der Waals surface area contributed by atoms with E-state index in [-0.39, 0.29) is 25.7 Å². The number of unbranched alkanes of at least 4 members (excludes halogenated alkanes) is 58. The van der Waals surface area contributed by atoms with Crippen LogP contribution in [0.1, 0.15) is 485 Å². The number of esters is 4. The molecule has 0 aromatic heterocycles. The number of phosphoric acid groups is 2. The highest BCUT2D eigenvalue weighted by Crippen LogP contribution is 2.45. The van der Waals surface area contributed by atoms with Crippen molar-refractivity contribution in [2.24, 2.45) is 11.8 Å². The topological polar surface area (TPSA) is 237 Å². The summed E-state index contributed by atoms with van der Waals surface area (Å²) in [7, 11) is -9.93.